The van der Waals surface area contributed by atoms with Crippen LogP contribution in [0.3, 0.4) is 0 Å². The van der Waals surface area contributed by atoms with E-state index in [2.05, 4.69) is 5.10 Å². The summed E-state index contributed by atoms with van der Waals surface area (Å²) in [7, 11) is 3.12. The summed E-state index contributed by atoms with van der Waals surface area (Å²) >= 11 is 0. The van der Waals surface area contributed by atoms with E-state index in [1.807, 2.05) is 12.1 Å². The molecule has 1 aliphatic heterocycles. The molecule has 1 N–H and O–H groups in total. The van der Waals surface area contributed by atoms with Crippen molar-refractivity contribution in [3.63, 3.8) is 0 Å². The predicted octanol–water partition coefficient (Wildman–Crippen LogP) is 3.23. The van der Waals surface area contributed by atoms with Gasteiger partial charge in [-0.15, -0.1) is 0 Å². The van der Waals surface area contributed by atoms with Crippen molar-refractivity contribution in [1.82, 2.24) is 5.01 Å². The van der Waals surface area contributed by atoms with Crippen molar-refractivity contribution in [3.05, 3.63) is 47.9 Å². The molecule has 2 heterocycles. The average molecular weight is 386 g/mol. The second-order valence-electron chi connectivity index (χ2n) is 6.34. The van der Waals surface area contributed by atoms with Crippen LogP contribution in [-0.2, 0) is 9.59 Å². The number of rotatable bonds is 8. The highest BCUT2D eigenvalue weighted by molar-refractivity contribution is 6.03. The van der Waals surface area contributed by atoms with Crippen molar-refractivity contribution in [2.45, 2.75) is 31.7 Å². The lowest BCUT2D eigenvalue weighted by molar-refractivity contribution is -0.137. The van der Waals surface area contributed by atoms with Gasteiger partial charge in [0.05, 0.1) is 26.2 Å². The number of amides is 1. The van der Waals surface area contributed by atoms with Gasteiger partial charge in [-0.05, 0) is 36.8 Å². The number of aliphatic carboxylic acids is 1. The van der Waals surface area contributed by atoms with Gasteiger partial charge in [-0.1, -0.05) is 0 Å². The Hall–Kier alpha value is -3.29. The Morgan fingerprint density at radius 2 is 2.00 bits per heavy atom. The Morgan fingerprint density at radius 1 is 1.21 bits per heavy atom. The van der Waals surface area contributed by atoms with Crippen LogP contribution in [0.4, 0.5) is 0 Å². The van der Waals surface area contributed by atoms with E-state index in [-0.39, 0.29) is 31.2 Å². The molecule has 2 aromatic rings. The molecular formula is C20H22N2O6. The highest BCUT2D eigenvalue weighted by Crippen LogP contribution is 2.35. The number of carbonyl (C=O) groups is 2. The molecule has 1 aliphatic rings. The fourth-order valence-electron chi connectivity index (χ4n) is 3.14. The molecule has 0 radical (unpaired) electrons. The Bertz CT molecular complexity index is 875. The van der Waals surface area contributed by atoms with Gasteiger partial charge < -0.3 is 19.0 Å². The van der Waals surface area contributed by atoms with Gasteiger partial charge in [-0.25, -0.2) is 5.01 Å². The van der Waals surface area contributed by atoms with Crippen LogP contribution in [-0.4, -0.2) is 41.9 Å². The number of methoxy groups -OCH3 is 2. The molecule has 1 amide bonds. The molecular weight excluding hydrogens is 364 g/mol. The zero-order valence-electron chi connectivity index (χ0n) is 15.8. The summed E-state index contributed by atoms with van der Waals surface area (Å²) < 4.78 is 16.1. The first-order valence-electron chi connectivity index (χ1n) is 8.90. The normalized spacial score (nSPS) is 16.0. The lowest BCUT2D eigenvalue weighted by Crippen LogP contribution is -2.26. The summed E-state index contributed by atoms with van der Waals surface area (Å²) in [5, 5.41) is 14.7. The summed E-state index contributed by atoms with van der Waals surface area (Å²) in [6.07, 6.45) is 2.34. The van der Waals surface area contributed by atoms with E-state index in [1.165, 1.54) is 5.01 Å². The molecule has 148 valence electrons. The fraction of sp³-hybridized carbons (Fsp3) is 0.350. The molecule has 8 nitrogen and oxygen atoms in total. The molecule has 0 unspecified atom stereocenters. The number of nitrogens with zero attached hydrogens (tertiary/aromatic N) is 2. The van der Waals surface area contributed by atoms with Crippen LogP contribution in [0, 0.1) is 0 Å². The van der Waals surface area contributed by atoms with E-state index in [1.54, 1.807) is 38.7 Å². The Kier molecular flexibility index (Phi) is 5.98. The molecule has 0 spiro atoms. The van der Waals surface area contributed by atoms with Crippen LogP contribution in [0.1, 0.15) is 43.0 Å². The number of ether oxygens (including phenoxy) is 2. The van der Waals surface area contributed by atoms with Crippen molar-refractivity contribution in [3.8, 4) is 11.5 Å². The standard InChI is InChI=1S/C20H22N2O6/c1-26-17-9-8-13(11-18(17)27-2)14-12-15(16-5-4-10-28-16)22(21-14)19(23)6-3-7-20(24)25/h4-5,8-11,15H,3,6-7,12H2,1-2H3,(H,24,25)/t15-/m1/s1. The maximum Gasteiger partial charge on any atom is 0.303 e. The van der Waals surface area contributed by atoms with E-state index in [0.29, 0.717) is 29.4 Å². The summed E-state index contributed by atoms with van der Waals surface area (Å²) in [6, 6.07) is 8.66. The second-order valence-corrected chi connectivity index (χ2v) is 6.34. The van der Waals surface area contributed by atoms with Crippen LogP contribution in [0.25, 0.3) is 0 Å². The molecule has 8 heteroatoms. The number of hydrazone groups is 1. The van der Waals surface area contributed by atoms with Crippen LogP contribution in [0.2, 0.25) is 0 Å². The number of hydrogen-bond donors (Lipinski definition) is 1. The van der Waals surface area contributed by atoms with E-state index in [0.717, 1.165) is 5.56 Å². The molecule has 0 saturated carbocycles. The third kappa shape index (κ3) is 4.16. The molecule has 1 atom stereocenters. The summed E-state index contributed by atoms with van der Waals surface area (Å²) in [5.41, 5.74) is 1.53. The van der Waals surface area contributed by atoms with Crippen LogP contribution >= 0.6 is 0 Å². The van der Waals surface area contributed by atoms with E-state index in [4.69, 9.17) is 19.0 Å². The third-order valence-electron chi connectivity index (χ3n) is 4.54. The predicted molar refractivity (Wildman–Crippen MR) is 100 cm³/mol. The van der Waals surface area contributed by atoms with E-state index >= 15 is 0 Å². The van der Waals surface area contributed by atoms with E-state index < -0.39 is 5.97 Å². The summed E-state index contributed by atoms with van der Waals surface area (Å²) in [5.74, 6) is 0.646. The zero-order valence-corrected chi connectivity index (χ0v) is 15.8. The van der Waals surface area contributed by atoms with Crippen molar-refractivity contribution in [2.24, 2.45) is 5.10 Å². The minimum absolute atomic E-state index is 0.0583. The Balaban J connectivity index is 1.86. The Morgan fingerprint density at radius 3 is 2.64 bits per heavy atom. The first-order chi connectivity index (χ1) is 13.5. The second kappa shape index (κ2) is 8.60. The molecule has 0 aliphatic carbocycles. The zero-order chi connectivity index (χ0) is 20.1. The molecule has 1 aromatic heterocycles. The number of carboxylic acid groups (broad SMARTS) is 1. The largest absolute Gasteiger partial charge is 0.493 e. The Labute approximate surface area is 162 Å². The molecule has 0 bridgehead atoms. The SMILES string of the molecule is COc1ccc(C2=NN(C(=O)CCCC(=O)O)[C@@H](c3ccco3)C2)cc1OC. The van der Waals surface area contributed by atoms with Gasteiger partial charge in [-0.3, -0.25) is 9.59 Å². The van der Waals surface area contributed by atoms with Crippen molar-refractivity contribution in [1.29, 1.82) is 0 Å². The van der Waals surface area contributed by atoms with Crippen LogP contribution in [0.5, 0.6) is 11.5 Å². The number of furan rings is 1. The monoisotopic (exact) mass is 386 g/mol. The van der Waals surface area contributed by atoms with Gasteiger partial charge in [0.25, 0.3) is 0 Å². The minimum atomic E-state index is -0.925. The summed E-state index contributed by atoms with van der Waals surface area (Å²) in [6.45, 7) is 0. The maximum atomic E-state index is 12.7. The summed E-state index contributed by atoms with van der Waals surface area (Å²) in [4.78, 5) is 23.4. The van der Waals surface area contributed by atoms with Crippen molar-refractivity contribution >= 4 is 17.6 Å². The lowest BCUT2D eigenvalue weighted by Gasteiger charge is -2.19. The molecule has 0 fully saturated rings. The number of benzene rings is 1. The fourth-order valence-corrected chi connectivity index (χ4v) is 3.14. The van der Waals surface area contributed by atoms with Crippen molar-refractivity contribution in [2.75, 3.05) is 14.2 Å². The first-order valence-corrected chi connectivity index (χ1v) is 8.90. The smallest absolute Gasteiger partial charge is 0.303 e. The minimum Gasteiger partial charge on any atom is -0.493 e. The number of carbonyl (C=O) groups excluding carboxylic acids is 1. The third-order valence-corrected chi connectivity index (χ3v) is 4.54. The van der Waals surface area contributed by atoms with Crippen LogP contribution in [0.15, 0.2) is 46.1 Å². The van der Waals surface area contributed by atoms with Crippen LogP contribution < -0.4 is 9.47 Å². The molecule has 0 saturated heterocycles. The van der Waals surface area contributed by atoms with Gasteiger partial charge in [0.1, 0.15) is 11.8 Å². The number of carboxylic acids is 1. The highest BCUT2D eigenvalue weighted by atomic mass is 16.5. The lowest BCUT2D eigenvalue weighted by atomic mass is 10.0. The van der Waals surface area contributed by atoms with Crippen molar-refractivity contribution < 1.29 is 28.6 Å². The van der Waals surface area contributed by atoms with E-state index in [9.17, 15) is 9.59 Å². The number of hydrogen-bond acceptors (Lipinski definition) is 6. The quantitative estimate of drug-likeness (QED) is 0.747. The first kappa shape index (κ1) is 19.5. The maximum absolute atomic E-state index is 12.7. The highest BCUT2D eigenvalue weighted by Gasteiger charge is 2.34. The van der Waals surface area contributed by atoms with Gasteiger partial charge >= 0.3 is 5.97 Å². The van der Waals surface area contributed by atoms with Gasteiger partial charge in [0, 0.05) is 24.8 Å². The van der Waals surface area contributed by atoms with Gasteiger partial charge in [0.15, 0.2) is 11.5 Å². The molecule has 1 aromatic carbocycles. The average Bonchev–Trinajstić information content (AvgIpc) is 3.36. The molecule has 28 heavy (non-hydrogen) atoms. The topological polar surface area (TPSA) is 102 Å². The van der Waals surface area contributed by atoms with Gasteiger partial charge in [0.2, 0.25) is 5.91 Å². The molecule has 3 rings (SSSR count). The van der Waals surface area contributed by atoms with Gasteiger partial charge in [-0.2, -0.15) is 5.10 Å².